The van der Waals surface area contributed by atoms with E-state index in [0.717, 1.165) is 18.1 Å². The van der Waals surface area contributed by atoms with Gasteiger partial charge in [-0.2, -0.15) is 13.2 Å². The number of halogens is 5. The van der Waals surface area contributed by atoms with Crippen molar-refractivity contribution in [2.24, 2.45) is 5.41 Å². The number of ether oxygens (including phenoxy) is 6. The Morgan fingerprint density at radius 3 is 1.35 bits per heavy atom. The maximum Gasteiger partial charge on any atom is 0.389 e. The summed E-state index contributed by atoms with van der Waals surface area (Å²) < 4.78 is 97.5. The minimum atomic E-state index is -4.26. The van der Waals surface area contributed by atoms with Crippen LogP contribution in [0.2, 0.25) is 0 Å². The molecule has 6 rings (SSSR count). The van der Waals surface area contributed by atoms with Crippen LogP contribution in [0.4, 0.5) is 33.3 Å². The smallest absolute Gasteiger partial charge is 0.389 e. The predicted octanol–water partition coefficient (Wildman–Crippen LogP) is 12.9. The van der Waals surface area contributed by atoms with Gasteiger partial charge in [0.2, 0.25) is 5.92 Å². The molecule has 75 heavy (non-hydrogen) atoms. The predicted molar refractivity (Wildman–Crippen MR) is 278 cm³/mol. The normalized spacial score (nSPS) is 11.8. The molecule has 0 amide bonds. The zero-order valence-electron chi connectivity index (χ0n) is 41.2. The van der Waals surface area contributed by atoms with Crippen LogP contribution in [0.1, 0.15) is 70.8 Å². The van der Waals surface area contributed by atoms with Crippen LogP contribution in [0.25, 0.3) is 17.9 Å². The molecule has 0 aliphatic rings. The molecule has 6 aromatic rings. The van der Waals surface area contributed by atoms with E-state index in [9.17, 15) is 36.3 Å². The number of esters is 3. The van der Waals surface area contributed by atoms with Gasteiger partial charge in [-0.3, -0.25) is 0 Å². The van der Waals surface area contributed by atoms with Crippen molar-refractivity contribution in [3.05, 3.63) is 198 Å². The van der Waals surface area contributed by atoms with E-state index < -0.39 is 41.8 Å². The number of alkyl halides is 5. The lowest BCUT2D eigenvalue weighted by Gasteiger charge is -2.33. The van der Waals surface area contributed by atoms with E-state index in [1.165, 1.54) is 42.5 Å². The molecule has 16 heteroatoms. The fourth-order valence-corrected chi connectivity index (χ4v) is 7.44. The van der Waals surface area contributed by atoms with Gasteiger partial charge < -0.3 is 39.9 Å². The van der Waals surface area contributed by atoms with E-state index in [1.807, 2.05) is 24.3 Å². The average molecular weight is 1030 g/mol. The molecule has 0 radical (unpaired) electrons. The van der Waals surface area contributed by atoms with Crippen molar-refractivity contribution in [2.75, 3.05) is 37.9 Å². The van der Waals surface area contributed by atoms with Crippen molar-refractivity contribution in [1.29, 1.82) is 0 Å². The van der Waals surface area contributed by atoms with Gasteiger partial charge in [-0.05, 0) is 164 Å². The van der Waals surface area contributed by atoms with Crippen LogP contribution in [-0.4, -0.2) is 56.4 Å². The van der Waals surface area contributed by atoms with Crippen LogP contribution in [-0.2, 0) is 31.9 Å². The molecule has 392 valence electrons. The third-order valence-corrected chi connectivity index (χ3v) is 11.4. The highest BCUT2D eigenvalue weighted by atomic mass is 19.4. The van der Waals surface area contributed by atoms with E-state index in [4.69, 9.17) is 39.9 Å². The van der Waals surface area contributed by atoms with Crippen molar-refractivity contribution in [2.45, 2.75) is 57.5 Å². The molecule has 0 aliphatic carbocycles. The fraction of sp³-hybridized carbons (Fsp3) is 0.237. The van der Waals surface area contributed by atoms with E-state index in [0.29, 0.717) is 63.9 Å². The highest BCUT2D eigenvalue weighted by Crippen LogP contribution is 2.32. The minimum absolute atomic E-state index is 0.125. The fourth-order valence-electron chi connectivity index (χ4n) is 7.44. The Bertz CT molecular complexity index is 2660. The first-order chi connectivity index (χ1) is 35.8. The van der Waals surface area contributed by atoms with Gasteiger partial charge in [-0.15, -0.1) is 0 Å². The average Bonchev–Trinajstić information content (AvgIpc) is 3.38. The molecular formula is C59H57F5N2O9. The molecule has 0 aliphatic heterocycles. The molecule has 0 bridgehead atoms. The lowest BCUT2D eigenvalue weighted by Crippen LogP contribution is -2.38. The largest absolute Gasteiger partial charge is 0.494 e. The molecular weight excluding hydrogens is 976 g/mol. The second kappa shape index (κ2) is 26.5. The highest BCUT2D eigenvalue weighted by molar-refractivity contribution is 5.91. The molecule has 6 aromatic carbocycles. The molecule has 0 saturated carbocycles. The van der Waals surface area contributed by atoms with E-state index in [2.05, 4.69) is 6.58 Å². The van der Waals surface area contributed by atoms with E-state index >= 15 is 0 Å². The van der Waals surface area contributed by atoms with Crippen LogP contribution >= 0.6 is 0 Å². The van der Waals surface area contributed by atoms with Crippen LogP contribution in [0.15, 0.2) is 164 Å². The monoisotopic (exact) mass is 1030 g/mol. The summed E-state index contributed by atoms with van der Waals surface area (Å²) in [5.41, 5.74) is 16.0. The van der Waals surface area contributed by atoms with Crippen LogP contribution in [0.3, 0.4) is 0 Å². The Labute approximate surface area is 432 Å². The van der Waals surface area contributed by atoms with Crippen molar-refractivity contribution in [3.8, 4) is 23.0 Å². The van der Waals surface area contributed by atoms with Gasteiger partial charge in [-0.1, -0.05) is 55.1 Å². The van der Waals surface area contributed by atoms with Crippen molar-refractivity contribution in [1.82, 2.24) is 0 Å². The summed E-state index contributed by atoms with van der Waals surface area (Å²) in [7, 11) is 0. The molecule has 11 nitrogen and oxygen atoms in total. The van der Waals surface area contributed by atoms with Gasteiger partial charge in [0.1, 0.15) is 42.0 Å². The highest BCUT2D eigenvalue weighted by Gasteiger charge is 2.35. The molecule has 0 atom stereocenters. The maximum atomic E-state index is 13.4. The molecule has 0 heterocycles. The third-order valence-electron chi connectivity index (χ3n) is 11.4. The van der Waals surface area contributed by atoms with Gasteiger partial charge in [0.15, 0.2) is 0 Å². The van der Waals surface area contributed by atoms with Crippen molar-refractivity contribution < 1.29 is 64.8 Å². The first kappa shape index (κ1) is 55.9. The number of carbonyl (C=O) groups excluding carboxylic acids is 3. The number of hydrogen-bond donors (Lipinski definition) is 2. The number of nitrogen functional groups attached to an aromatic ring is 2. The standard InChI is InChI=1S/C59H57F5N2O9/c1-41(46-15-27-50(28-16-46)70-35-3-33-57(2,60)61)74-52-23-9-42(10-24-52)13-31-54(67)72-39-58(37-44-5-19-48(65)20-6-44,38-45-7-21-49(66)22-8-45)40-73-55(68)32-14-43-11-25-53(26-12-43)75-56(69)47-17-29-51(30-18-47)71-36-4-34-59(62,63)64/h5-32H,1,3-4,33-40,65-66H2,2H3/b31-13+,32-14+. The molecule has 4 N–H and O–H groups in total. The number of anilines is 2. The molecule has 0 spiro atoms. The zero-order chi connectivity index (χ0) is 53.9. The lowest BCUT2D eigenvalue weighted by molar-refractivity contribution is -0.148. The SMILES string of the molecule is C=C(Oc1ccc(/C=C/C(=O)OCC(COC(=O)/C=C/c2ccc(OC(=O)c3ccc(OCCCC(F)(F)F)cc3)cc2)(Cc2ccc(N)cc2)Cc2ccc(N)cc2)cc1)c1ccc(OCCCC(C)(F)F)cc1. The van der Waals surface area contributed by atoms with Gasteiger partial charge in [-0.25, -0.2) is 23.2 Å². The zero-order valence-corrected chi connectivity index (χ0v) is 41.2. The summed E-state index contributed by atoms with van der Waals surface area (Å²) in [5, 5.41) is 0. The topological polar surface area (TPSA) is 159 Å². The molecule has 0 aromatic heterocycles. The lowest BCUT2D eigenvalue weighted by atomic mass is 9.77. The first-order valence-corrected chi connectivity index (χ1v) is 23.9. The first-order valence-electron chi connectivity index (χ1n) is 23.9. The Morgan fingerprint density at radius 1 is 0.520 bits per heavy atom. The number of benzene rings is 6. The molecule has 0 fully saturated rings. The Balaban J connectivity index is 1.06. The maximum absolute atomic E-state index is 13.4. The van der Waals surface area contributed by atoms with E-state index in [1.54, 1.807) is 103 Å². The second-order valence-electron chi connectivity index (χ2n) is 17.9. The molecule has 0 saturated heterocycles. The number of rotatable bonds is 26. The summed E-state index contributed by atoms with van der Waals surface area (Å²) in [6, 6.07) is 40.5. The van der Waals surface area contributed by atoms with Gasteiger partial charge in [0, 0.05) is 47.3 Å². The van der Waals surface area contributed by atoms with Crippen LogP contribution < -0.4 is 30.4 Å². The molecule has 0 unspecified atom stereocenters. The van der Waals surface area contributed by atoms with Gasteiger partial charge in [0.25, 0.3) is 0 Å². The van der Waals surface area contributed by atoms with Gasteiger partial charge in [0.05, 0.1) is 18.8 Å². The summed E-state index contributed by atoms with van der Waals surface area (Å²) in [6.07, 6.45) is 0.885. The number of hydrogen-bond acceptors (Lipinski definition) is 11. The summed E-state index contributed by atoms with van der Waals surface area (Å²) in [5.74, 6) is -2.75. The Hall–Kier alpha value is -8.40. The van der Waals surface area contributed by atoms with Crippen molar-refractivity contribution in [3.63, 3.8) is 0 Å². The summed E-state index contributed by atoms with van der Waals surface area (Å²) >= 11 is 0. The summed E-state index contributed by atoms with van der Waals surface area (Å²) in [6.45, 7) is 4.63. The summed E-state index contributed by atoms with van der Waals surface area (Å²) in [4.78, 5) is 39.5. The van der Waals surface area contributed by atoms with Crippen LogP contribution in [0, 0.1) is 5.41 Å². The third kappa shape index (κ3) is 19.9. The van der Waals surface area contributed by atoms with E-state index in [-0.39, 0.29) is 57.0 Å². The Morgan fingerprint density at radius 2 is 0.920 bits per heavy atom. The van der Waals surface area contributed by atoms with Gasteiger partial charge >= 0.3 is 24.1 Å². The minimum Gasteiger partial charge on any atom is -0.494 e. The number of carbonyl (C=O) groups is 3. The second-order valence-corrected chi connectivity index (χ2v) is 17.9. The Kier molecular flexibility index (Phi) is 19.8. The van der Waals surface area contributed by atoms with Crippen molar-refractivity contribution >= 4 is 47.2 Å². The quantitative estimate of drug-likeness (QED) is 0.0101. The number of nitrogens with two attached hydrogens (primary N) is 2. The van der Waals surface area contributed by atoms with Crippen LogP contribution in [0.5, 0.6) is 23.0 Å².